The first kappa shape index (κ1) is 23.1. The summed E-state index contributed by atoms with van der Waals surface area (Å²) < 4.78 is 38.5. The first-order chi connectivity index (χ1) is 15.8. The van der Waals surface area contributed by atoms with Crippen LogP contribution in [-0.4, -0.2) is 59.3 Å². The molecule has 2 aliphatic rings. The van der Waals surface area contributed by atoms with E-state index in [0.29, 0.717) is 51.4 Å². The Hall–Kier alpha value is -3.10. The lowest BCUT2D eigenvalue weighted by Gasteiger charge is -2.37. The molecule has 0 radical (unpaired) electrons. The minimum Gasteiger partial charge on any atom is -0.355 e. The lowest BCUT2D eigenvalue weighted by atomic mass is 10.00. The zero-order chi connectivity index (χ0) is 23.4. The Morgan fingerprint density at radius 3 is 2.36 bits per heavy atom. The van der Waals surface area contributed by atoms with E-state index in [4.69, 9.17) is 0 Å². The number of rotatable bonds is 4. The van der Waals surface area contributed by atoms with Crippen LogP contribution in [0.3, 0.4) is 0 Å². The molecule has 1 aromatic heterocycles. The summed E-state index contributed by atoms with van der Waals surface area (Å²) in [7, 11) is 0. The molecule has 1 atom stereocenters. The van der Waals surface area contributed by atoms with Crippen molar-refractivity contribution in [3.63, 3.8) is 0 Å². The summed E-state index contributed by atoms with van der Waals surface area (Å²) >= 11 is 0. The fourth-order valence-electron chi connectivity index (χ4n) is 4.47. The van der Waals surface area contributed by atoms with Gasteiger partial charge in [-0.1, -0.05) is 30.3 Å². The third-order valence-electron chi connectivity index (χ3n) is 6.23. The second kappa shape index (κ2) is 9.80. The number of alkyl halides is 3. The van der Waals surface area contributed by atoms with Crippen LogP contribution < -0.4 is 4.90 Å². The van der Waals surface area contributed by atoms with Crippen molar-refractivity contribution in [3.8, 4) is 0 Å². The molecule has 0 aliphatic carbocycles. The van der Waals surface area contributed by atoms with Crippen LogP contribution >= 0.6 is 0 Å². The zero-order valence-corrected chi connectivity index (χ0v) is 18.3. The largest absolute Gasteiger partial charge is 0.417 e. The molecule has 1 aromatic carbocycles. The number of amides is 2. The van der Waals surface area contributed by atoms with Gasteiger partial charge in [-0.2, -0.15) is 13.2 Å². The number of aromatic nitrogens is 1. The number of carbonyl (C=O) groups is 2. The molecule has 4 rings (SSSR count). The molecule has 2 aromatic rings. The SMILES string of the molecule is O=C(C(c1ccccc1)N1CCCCC1=O)N1CCCN(c2ccc(C(F)(F)F)cn2)CC1. The predicted octanol–water partition coefficient (Wildman–Crippen LogP) is 3.89. The molecule has 9 heteroatoms. The Morgan fingerprint density at radius 2 is 1.70 bits per heavy atom. The quantitative estimate of drug-likeness (QED) is 0.695. The summed E-state index contributed by atoms with van der Waals surface area (Å²) in [4.78, 5) is 35.7. The monoisotopic (exact) mass is 460 g/mol. The van der Waals surface area contributed by atoms with Crippen LogP contribution in [0, 0.1) is 0 Å². The number of carbonyl (C=O) groups excluding carboxylic acids is 2. The molecule has 0 bridgehead atoms. The topological polar surface area (TPSA) is 56.8 Å². The summed E-state index contributed by atoms with van der Waals surface area (Å²) in [6.45, 7) is 2.52. The maximum atomic E-state index is 13.7. The molecule has 2 saturated heterocycles. The van der Waals surface area contributed by atoms with E-state index < -0.39 is 17.8 Å². The van der Waals surface area contributed by atoms with E-state index in [1.54, 1.807) is 9.80 Å². The van der Waals surface area contributed by atoms with Crippen LogP contribution in [-0.2, 0) is 15.8 Å². The third-order valence-corrected chi connectivity index (χ3v) is 6.23. The highest BCUT2D eigenvalue weighted by Gasteiger charge is 2.36. The molecule has 0 saturated carbocycles. The van der Waals surface area contributed by atoms with Crippen LogP contribution in [0.25, 0.3) is 0 Å². The van der Waals surface area contributed by atoms with Gasteiger partial charge in [-0.15, -0.1) is 0 Å². The fraction of sp³-hybridized carbons (Fsp3) is 0.458. The first-order valence-corrected chi connectivity index (χ1v) is 11.3. The molecule has 176 valence electrons. The second-order valence-electron chi connectivity index (χ2n) is 8.43. The van der Waals surface area contributed by atoms with Gasteiger partial charge in [-0.05, 0) is 37.0 Å². The number of anilines is 1. The number of nitrogens with zero attached hydrogens (tertiary/aromatic N) is 4. The Kier molecular flexibility index (Phi) is 6.85. The molecule has 2 aliphatic heterocycles. The van der Waals surface area contributed by atoms with Gasteiger partial charge in [-0.3, -0.25) is 9.59 Å². The van der Waals surface area contributed by atoms with Gasteiger partial charge in [0.2, 0.25) is 11.8 Å². The Labute approximate surface area is 191 Å². The maximum Gasteiger partial charge on any atom is 0.417 e. The van der Waals surface area contributed by atoms with E-state index in [1.165, 1.54) is 6.07 Å². The number of likely N-dealkylation sites (tertiary alicyclic amines) is 1. The smallest absolute Gasteiger partial charge is 0.355 e. The van der Waals surface area contributed by atoms with Crippen LogP contribution in [0.15, 0.2) is 48.7 Å². The molecule has 2 amide bonds. The molecule has 3 heterocycles. The van der Waals surface area contributed by atoms with E-state index in [2.05, 4.69) is 4.98 Å². The predicted molar refractivity (Wildman–Crippen MR) is 117 cm³/mol. The molecular weight excluding hydrogens is 433 g/mol. The minimum absolute atomic E-state index is 0.00569. The highest BCUT2D eigenvalue weighted by atomic mass is 19.4. The second-order valence-corrected chi connectivity index (χ2v) is 8.43. The van der Waals surface area contributed by atoms with Crippen molar-refractivity contribution < 1.29 is 22.8 Å². The van der Waals surface area contributed by atoms with Crippen LogP contribution in [0.4, 0.5) is 19.0 Å². The number of piperidine rings is 1. The molecule has 6 nitrogen and oxygen atoms in total. The molecule has 0 N–H and O–H groups in total. The zero-order valence-electron chi connectivity index (χ0n) is 18.3. The lowest BCUT2D eigenvalue weighted by Crippen LogP contribution is -2.48. The number of benzene rings is 1. The molecule has 1 unspecified atom stereocenters. The normalized spacial score (nSPS) is 18.8. The maximum absolute atomic E-state index is 13.7. The lowest BCUT2D eigenvalue weighted by molar-refractivity contribution is -0.147. The van der Waals surface area contributed by atoms with Gasteiger partial charge in [0.25, 0.3) is 0 Å². The standard InChI is InChI=1S/C24H27F3N4O2/c25-24(26,27)19-10-11-20(28-17-19)29-12-6-13-30(16-15-29)23(33)22(18-7-2-1-3-8-18)31-14-5-4-9-21(31)32/h1-3,7-8,10-11,17,22H,4-6,9,12-16H2. The molecule has 2 fully saturated rings. The van der Waals surface area contributed by atoms with Gasteiger partial charge in [0, 0.05) is 45.3 Å². The van der Waals surface area contributed by atoms with Crippen molar-refractivity contribution in [2.24, 2.45) is 0 Å². The number of pyridine rings is 1. The first-order valence-electron chi connectivity index (χ1n) is 11.3. The van der Waals surface area contributed by atoms with Gasteiger partial charge >= 0.3 is 6.18 Å². The Balaban J connectivity index is 1.50. The van der Waals surface area contributed by atoms with Crippen molar-refractivity contribution in [2.75, 3.05) is 37.6 Å². The average molecular weight is 461 g/mol. The van der Waals surface area contributed by atoms with Crippen molar-refractivity contribution >= 4 is 17.6 Å². The third kappa shape index (κ3) is 5.29. The summed E-state index contributed by atoms with van der Waals surface area (Å²) in [6.07, 6.45) is -0.768. The van der Waals surface area contributed by atoms with Crippen molar-refractivity contribution in [1.29, 1.82) is 0 Å². The van der Waals surface area contributed by atoms with Crippen LogP contribution in [0.2, 0.25) is 0 Å². The van der Waals surface area contributed by atoms with Crippen molar-refractivity contribution in [2.45, 2.75) is 37.9 Å². The Bertz CT molecular complexity index is 966. The minimum atomic E-state index is -4.42. The highest BCUT2D eigenvalue weighted by Crippen LogP contribution is 2.30. The van der Waals surface area contributed by atoms with Crippen LogP contribution in [0.5, 0.6) is 0 Å². The molecule has 0 spiro atoms. The summed E-state index contributed by atoms with van der Waals surface area (Å²) in [5.74, 6) is 0.343. The van der Waals surface area contributed by atoms with Crippen LogP contribution in [0.1, 0.15) is 42.9 Å². The van der Waals surface area contributed by atoms with Gasteiger partial charge in [0.1, 0.15) is 11.9 Å². The van der Waals surface area contributed by atoms with Gasteiger partial charge in [0.05, 0.1) is 5.56 Å². The van der Waals surface area contributed by atoms with E-state index >= 15 is 0 Å². The fourth-order valence-corrected chi connectivity index (χ4v) is 4.47. The van der Waals surface area contributed by atoms with E-state index in [9.17, 15) is 22.8 Å². The van der Waals surface area contributed by atoms with Crippen molar-refractivity contribution in [1.82, 2.24) is 14.8 Å². The summed E-state index contributed by atoms with van der Waals surface area (Å²) in [5, 5.41) is 0. The van der Waals surface area contributed by atoms with Gasteiger partial charge in [-0.25, -0.2) is 4.98 Å². The Morgan fingerprint density at radius 1 is 0.909 bits per heavy atom. The summed E-state index contributed by atoms with van der Waals surface area (Å²) in [5.41, 5.74) is 0.0121. The number of halogens is 3. The van der Waals surface area contributed by atoms with E-state index in [0.717, 1.165) is 30.7 Å². The average Bonchev–Trinajstić information content (AvgIpc) is 3.07. The van der Waals surface area contributed by atoms with E-state index in [-0.39, 0.29) is 11.8 Å². The molecular formula is C24H27F3N4O2. The number of hydrogen-bond acceptors (Lipinski definition) is 4. The van der Waals surface area contributed by atoms with Gasteiger partial charge < -0.3 is 14.7 Å². The van der Waals surface area contributed by atoms with Gasteiger partial charge in [0.15, 0.2) is 0 Å². The number of hydrogen-bond donors (Lipinski definition) is 0. The highest BCUT2D eigenvalue weighted by molar-refractivity contribution is 5.89. The summed E-state index contributed by atoms with van der Waals surface area (Å²) in [6, 6.07) is 11.1. The molecule has 33 heavy (non-hydrogen) atoms. The van der Waals surface area contributed by atoms with E-state index in [1.807, 2.05) is 35.2 Å². The van der Waals surface area contributed by atoms with Crippen molar-refractivity contribution in [3.05, 3.63) is 59.8 Å².